The minimum atomic E-state index is -3.12. The van der Waals surface area contributed by atoms with Gasteiger partial charge < -0.3 is 4.74 Å². The van der Waals surface area contributed by atoms with Crippen molar-refractivity contribution in [2.24, 2.45) is 0 Å². The molecule has 1 aromatic rings. The Labute approximate surface area is 116 Å². The average Bonchev–Trinajstić information content (AvgIpc) is 2.27. The van der Waals surface area contributed by atoms with Crippen molar-refractivity contribution in [1.82, 2.24) is 5.32 Å². The first-order valence-electron chi connectivity index (χ1n) is 6.26. The molecule has 0 fully saturated rings. The third-order valence-corrected chi connectivity index (χ3v) is 4.13. The number of rotatable bonds is 6. The maximum absolute atomic E-state index is 11.4. The second-order valence-electron chi connectivity index (χ2n) is 5.38. The zero-order valence-corrected chi connectivity index (χ0v) is 13.0. The van der Waals surface area contributed by atoms with Gasteiger partial charge in [-0.1, -0.05) is 12.1 Å². The fourth-order valence-corrected chi connectivity index (χ4v) is 2.56. The van der Waals surface area contributed by atoms with E-state index < -0.39 is 9.84 Å². The molecule has 0 aliphatic carbocycles. The molecule has 1 rings (SSSR count). The van der Waals surface area contributed by atoms with Gasteiger partial charge in [0.15, 0.2) is 9.84 Å². The molecule has 0 saturated heterocycles. The monoisotopic (exact) mass is 285 g/mol. The van der Waals surface area contributed by atoms with E-state index in [4.69, 9.17) is 4.74 Å². The highest BCUT2D eigenvalue weighted by Gasteiger charge is 2.18. The van der Waals surface area contributed by atoms with Gasteiger partial charge in [0.2, 0.25) is 0 Å². The van der Waals surface area contributed by atoms with Crippen LogP contribution in [0.1, 0.15) is 26.3 Å². The maximum Gasteiger partial charge on any atom is 0.175 e. The van der Waals surface area contributed by atoms with Crippen molar-refractivity contribution in [2.75, 3.05) is 13.4 Å². The van der Waals surface area contributed by atoms with E-state index in [0.29, 0.717) is 4.90 Å². The number of hydrogen-bond acceptors (Lipinski definition) is 4. The van der Waals surface area contributed by atoms with E-state index in [-0.39, 0.29) is 11.8 Å². The summed E-state index contributed by atoms with van der Waals surface area (Å²) in [6.45, 7) is 6.01. The topological polar surface area (TPSA) is 55.4 Å². The molecular weight excluding hydrogens is 262 g/mol. The molecule has 0 saturated carbocycles. The van der Waals surface area contributed by atoms with Gasteiger partial charge in [-0.15, -0.1) is 0 Å². The highest BCUT2D eigenvalue weighted by Crippen LogP contribution is 2.13. The molecule has 5 heteroatoms. The zero-order valence-electron chi connectivity index (χ0n) is 12.2. The molecule has 0 unspecified atom stereocenters. The van der Waals surface area contributed by atoms with Crippen LogP contribution in [0.15, 0.2) is 29.2 Å². The Morgan fingerprint density at radius 3 is 2.21 bits per heavy atom. The molecule has 0 heterocycles. The van der Waals surface area contributed by atoms with Gasteiger partial charge in [-0.3, -0.25) is 5.32 Å². The lowest BCUT2D eigenvalue weighted by atomic mass is 10.1. The third-order valence-electron chi connectivity index (χ3n) is 3.00. The van der Waals surface area contributed by atoms with Crippen LogP contribution in [0, 0.1) is 0 Å². The van der Waals surface area contributed by atoms with Crippen LogP contribution in [0.25, 0.3) is 0 Å². The average molecular weight is 285 g/mol. The standard InChI is InChI=1S/C14H23NO3S/c1-11(15-14(2,3)18-4)10-12-6-8-13(9-7-12)19(5,16)17/h6-9,11,15H,10H2,1-5H3/t11-/m1/s1. The summed E-state index contributed by atoms with van der Waals surface area (Å²) in [7, 11) is -1.45. The fourth-order valence-electron chi connectivity index (χ4n) is 1.93. The van der Waals surface area contributed by atoms with Crippen LogP contribution in [0.4, 0.5) is 0 Å². The van der Waals surface area contributed by atoms with E-state index in [0.717, 1.165) is 12.0 Å². The van der Waals surface area contributed by atoms with Crippen molar-refractivity contribution in [3.8, 4) is 0 Å². The number of benzene rings is 1. The van der Waals surface area contributed by atoms with Crippen LogP contribution in [0.2, 0.25) is 0 Å². The Balaban J connectivity index is 2.68. The second kappa shape index (κ2) is 6.03. The number of sulfone groups is 1. The Morgan fingerprint density at radius 1 is 1.26 bits per heavy atom. The molecule has 1 aromatic carbocycles. The van der Waals surface area contributed by atoms with Crippen LogP contribution in [-0.2, 0) is 21.0 Å². The Bertz CT molecular complexity index is 506. The molecular formula is C14H23NO3S. The molecule has 0 aliphatic rings. The summed E-state index contributed by atoms with van der Waals surface area (Å²) in [5, 5.41) is 3.36. The number of methoxy groups -OCH3 is 1. The molecule has 0 bridgehead atoms. The lowest BCUT2D eigenvalue weighted by Crippen LogP contribution is -2.46. The van der Waals surface area contributed by atoms with Gasteiger partial charge in [0.1, 0.15) is 5.72 Å². The minimum absolute atomic E-state index is 0.235. The van der Waals surface area contributed by atoms with Gasteiger partial charge in [0.05, 0.1) is 4.90 Å². The smallest absolute Gasteiger partial charge is 0.175 e. The SMILES string of the molecule is COC(C)(C)N[C@H](C)Cc1ccc(S(C)(=O)=O)cc1. The predicted molar refractivity (Wildman–Crippen MR) is 76.9 cm³/mol. The van der Waals surface area contributed by atoms with E-state index in [1.807, 2.05) is 26.0 Å². The number of ether oxygens (including phenoxy) is 1. The van der Waals surface area contributed by atoms with Gasteiger partial charge >= 0.3 is 0 Å². The van der Waals surface area contributed by atoms with E-state index in [1.165, 1.54) is 6.26 Å². The molecule has 108 valence electrons. The summed E-state index contributed by atoms with van der Waals surface area (Å²) in [5.41, 5.74) is 0.728. The second-order valence-corrected chi connectivity index (χ2v) is 7.40. The van der Waals surface area contributed by atoms with E-state index in [2.05, 4.69) is 12.2 Å². The van der Waals surface area contributed by atoms with Crippen LogP contribution < -0.4 is 5.32 Å². The van der Waals surface area contributed by atoms with Crippen molar-refractivity contribution in [3.63, 3.8) is 0 Å². The van der Waals surface area contributed by atoms with Crippen LogP contribution in [0.3, 0.4) is 0 Å². The largest absolute Gasteiger partial charge is 0.364 e. The lowest BCUT2D eigenvalue weighted by Gasteiger charge is -2.28. The first kappa shape index (κ1) is 16.1. The summed E-state index contributed by atoms with van der Waals surface area (Å²) >= 11 is 0. The summed E-state index contributed by atoms with van der Waals surface area (Å²) in [4.78, 5) is 0.356. The van der Waals surface area contributed by atoms with Crippen LogP contribution in [0.5, 0.6) is 0 Å². The first-order valence-corrected chi connectivity index (χ1v) is 8.15. The number of hydrogen-bond donors (Lipinski definition) is 1. The highest BCUT2D eigenvalue weighted by atomic mass is 32.2. The maximum atomic E-state index is 11.4. The first-order chi connectivity index (χ1) is 8.64. The van der Waals surface area contributed by atoms with E-state index in [9.17, 15) is 8.42 Å². The predicted octanol–water partition coefficient (Wildman–Crippen LogP) is 1.99. The molecule has 4 nitrogen and oxygen atoms in total. The summed E-state index contributed by atoms with van der Waals surface area (Å²) < 4.78 is 28.0. The molecule has 1 atom stereocenters. The summed E-state index contributed by atoms with van der Waals surface area (Å²) in [5.74, 6) is 0. The molecule has 0 aliphatic heterocycles. The molecule has 19 heavy (non-hydrogen) atoms. The van der Waals surface area contributed by atoms with E-state index >= 15 is 0 Å². The number of nitrogens with one attached hydrogen (secondary N) is 1. The van der Waals surface area contributed by atoms with Crippen LogP contribution >= 0.6 is 0 Å². The lowest BCUT2D eigenvalue weighted by molar-refractivity contribution is -0.0150. The molecule has 0 spiro atoms. The van der Waals surface area contributed by atoms with Crippen LogP contribution in [-0.4, -0.2) is 33.6 Å². The normalized spacial score (nSPS) is 14.4. The van der Waals surface area contributed by atoms with E-state index in [1.54, 1.807) is 19.2 Å². The van der Waals surface area contributed by atoms with Crippen molar-refractivity contribution < 1.29 is 13.2 Å². The molecule has 0 radical (unpaired) electrons. The summed E-state index contributed by atoms with van der Waals surface area (Å²) in [6.07, 6.45) is 2.03. The Hall–Kier alpha value is -0.910. The highest BCUT2D eigenvalue weighted by molar-refractivity contribution is 7.90. The minimum Gasteiger partial charge on any atom is -0.364 e. The molecule has 0 amide bonds. The van der Waals surface area contributed by atoms with Gasteiger partial charge in [0, 0.05) is 19.4 Å². The quantitative estimate of drug-likeness (QED) is 0.812. The molecule has 0 aromatic heterocycles. The Kier molecular flexibility index (Phi) is 5.12. The van der Waals surface area contributed by atoms with Gasteiger partial charge in [-0.05, 0) is 44.9 Å². The van der Waals surface area contributed by atoms with Crippen molar-refractivity contribution >= 4 is 9.84 Å². The fraction of sp³-hybridized carbons (Fsp3) is 0.571. The van der Waals surface area contributed by atoms with Gasteiger partial charge in [-0.25, -0.2) is 8.42 Å². The Morgan fingerprint density at radius 2 is 1.79 bits per heavy atom. The third kappa shape index (κ3) is 5.30. The van der Waals surface area contributed by atoms with Gasteiger partial charge in [0.25, 0.3) is 0 Å². The van der Waals surface area contributed by atoms with Crippen molar-refractivity contribution in [1.29, 1.82) is 0 Å². The van der Waals surface area contributed by atoms with Crippen molar-refractivity contribution in [2.45, 2.75) is 43.9 Å². The van der Waals surface area contributed by atoms with Gasteiger partial charge in [-0.2, -0.15) is 0 Å². The van der Waals surface area contributed by atoms with Crippen molar-refractivity contribution in [3.05, 3.63) is 29.8 Å². The summed E-state index contributed by atoms with van der Waals surface area (Å²) in [6, 6.07) is 7.25. The zero-order chi connectivity index (χ0) is 14.7. The molecule has 1 N–H and O–H groups in total.